The van der Waals surface area contributed by atoms with Crippen LogP contribution in [0.2, 0.25) is 0 Å². The zero-order valence-corrected chi connectivity index (χ0v) is 11.8. The fourth-order valence-corrected chi connectivity index (χ4v) is 1.40. The Hall–Kier alpha value is -2.41. The summed E-state index contributed by atoms with van der Waals surface area (Å²) in [7, 11) is 0. The number of carbonyl (C=O) groups is 3. The second-order valence-corrected chi connectivity index (χ2v) is 4.47. The van der Waals surface area contributed by atoms with Gasteiger partial charge in [-0.05, 0) is 38.1 Å². The van der Waals surface area contributed by atoms with E-state index >= 15 is 0 Å². The molecule has 0 saturated carbocycles. The zero-order chi connectivity index (χ0) is 15.8. The van der Waals surface area contributed by atoms with Crippen LogP contribution in [0.15, 0.2) is 24.3 Å². The zero-order valence-electron chi connectivity index (χ0n) is 11.8. The van der Waals surface area contributed by atoms with E-state index in [2.05, 4.69) is 10.1 Å². The van der Waals surface area contributed by atoms with Crippen molar-refractivity contribution >= 4 is 23.5 Å². The maximum Gasteiger partial charge on any atom is 0.338 e. The van der Waals surface area contributed by atoms with Crippen LogP contribution in [0, 0.1) is 0 Å². The normalized spacial score (nSPS) is 10.2. The number of carboxylic acids is 1. The lowest BCUT2D eigenvalue weighted by Gasteiger charge is -2.09. The summed E-state index contributed by atoms with van der Waals surface area (Å²) in [6, 6.07) is 6.15. The number of esters is 1. The van der Waals surface area contributed by atoms with E-state index in [9.17, 15) is 14.4 Å². The molecule has 21 heavy (non-hydrogen) atoms. The van der Waals surface area contributed by atoms with Gasteiger partial charge in [-0.2, -0.15) is 0 Å². The maximum absolute atomic E-state index is 11.6. The number of rotatable bonds is 7. The van der Waals surface area contributed by atoms with Crippen LogP contribution in [0.1, 0.15) is 24.2 Å². The summed E-state index contributed by atoms with van der Waals surface area (Å²) in [4.78, 5) is 33.3. The Labute approximate surface area is 121 Å². The Bertz CT molecular complexity index is 509. The van der Waals surface area contributed by atoms with E-state index in [1.165, 1.54) is 12.1 Å². The van der Waals surface area contributed by atoms with Crippen molar-refractivity contribution in [1.29, 1.82) is 0 Å². The number of benzene rings is 1. The topological polar surface area (TPSA) is 102 Å². The lowest BCUT2D eigenvalue weighted by Crippen LogP contribution is -2.20. The summed E-state index contributed by atoms with van der Waals surface area (Å²) in [5.41, 5.74) is 0.851. The number of hydrogen-bond donors (Lipinski definition) is 2. The molecule has 7 heteroatoms. The molecule has 1 rings (SSSR count). The smallest absolute Gasteiger partial charge is 0.338 e. The number of carbonyl (C=O) groups excluding carboxylic acids is 2. The lowest BCUT2D eigenvalue weighted by atomic mass is 10.2. The van der Waals surface area contributed by atoms with Crippen LogP contribution in [0.4, 0.5) is 5.69 Å². The molecule has 0 unspecified atom stereocenters. The van der Waals surface area contributed by atoms with Crippen LogP contribution in [-0.2, 0) is 19.1 Å². The molecule has 0 spiro atoms. The highest BCUT2D eigenvalue weighted by Crippen LogP contribution is 2.11. The van der Waals surface area contributed by atoms with Crippen LogP contribution in [0.3, 0.4) is 0 Å². The predicted molar refractivity (Wildman–Crippen MR) is 74.1 cm³/mol. The van der Waals surface area contributed by atoms with Gasteiger partial charge in [0.1, 0.15) is 13.2 Å². The Morgan fingerprint density at radius 2 is 1.76 bits per heavy atom. The molecular weight excluding hydrogens is 278 g/mol. The highest BCUT2D eigenvalue weighted by molar-refractivity contribution is 5.93. The van der Waals surface area contributed by atoms with Crippen LogP contribution >= 0.6 is 0 Å². The van der Waals surface area contributed by atoms with E-state index in [1.54, 1.807) is 26.0 Å². The number of hydrogen-bond acceptors (Lipinski definition) is 5. The summed E-state index contributed by atoms with van der Waals surface area (Å²) >= 11 is 0. The number of carboxylic acid groups (broad SMARTS) is 1. The Morgan fingerprint density at radius 1 is 1.14 bits per heavy atom. The molecule has 2 N–H and O–H groups in total. The maximum atomic E-state index is 11.6. The van der Waals surface area contributed by atoms with Gasteiger partial charge in [-0.25, -0.2) is 9.59 Å². The van der Waals surface area contributed by atoms with E-state index in [0.717, 1.165) is 0 Å². The average Bonchev–Trinajstić information content (AvgIpc) is 2.38. The third-order valence-corrected chi connectivity index (χ3v) is 2.21. The van der Waals surface area contributed by atoms with Crippen molar-refractivity contribution in [1.82, 2.24) is 0 Å². The van der Waals surface area contributed by atoms with Crippen molar-refractivity contribution in [2.75, 3.05) is 18.5 Å². The summed E-state index contributed by atoms with van der Waals surface area (Å²) in [6.45, 7) is 2.62. The minimum absolute atomic E-state index is 0.205. The molecule has 7 nitrogen and oxygen atoms in total. The summed E-state index contributed by atoms with van der Waals surface area (Å²) in [6.07, 6.45) is -0.205. The van der Waals surface area contributed by atoms with Crippen molar-refractivity contribution in [2.24, 2.45) is 0 Å². The van der Waals surface area contributed by atoms with Gasteiger partial charge in [-0.3, -0.25) is 4.79 Å². The van der Waals surface area contributed by atoms with E-state index < -0.39 is 24.5 Å². The van der Waals surface area contributed by atoms with E-state index in [-0.39, 0.29) is 12.7 Å². The molecule has 1 amide bonds. The van der Waals surface area contributed by atoms with Gasteiger partial charge in [0, 0.05) is 5.69 Å². The van der Waals surface area contributed by atoms with Gasteiger partial charge >= 0.3 is 11.9 Å². The fraction of sp³-hybridized carbons (Fsp3) is 0.357. The Kier molecular flexibility index (Phi) is 6.35. The van der Waals surface area contributed by atoms with E-state index in [0.29, 0.717) is 11.3 Å². The van der Waals surface area contributed by atoms with Gasteiger partial charge in [0.25, 0.3) is 0 Å². The minimum atomic E-state index is -1.14. The molecule has 0 radical (unpaired) electrons. The molecule has 0 bridgehead atoms. The fourth-order valence-electron chi connectivity index (χ4n) is 1.40. The number of ether oxygens (including phenoxy) is 2. The second-order valence-electron chi connectivity index (χ2n) is 4.47. The largest absolute Gasteiger partial charge is 0.480 e. The van der Waals surface area contributed by atoms with Gasteiger partial charge in [0.15, 0.2) is 0 Å². The summed E-state index contributed by atoms with van der Waals surface area (Å²) in [5, 5.41) is 10.9. The standard InChI is InChI=1S/C14H17NO6/c1-9(2)21-14(19)10-3-5-11(6-4-10)15-12(16)7-20-8-13(17)18/h3-6,9H,7-8H2,1-2H3,(H,15,16)(H,17,18). The first-order chi connectivity index (χ1) is 9.88. The number of aliphatic carboxylic acids is 1. The molecule has 0 aliphatic carbocycles. The van der Waals surface area contributed by atoms with Crippen molar-refractivity contribution in [2.45, 2.75) is 20.0 Å². The SMILES string of the molecule is CC(C)OC(=O)c1ccc(NC(=O)COCC(=O)O)cc1. The molecule has 0 heterocycles. The van der Waals surface area contributed by atoms with Crippen LogP contribution in [0.25, 0.3) is 0 Å². The molecule has 0 fully saturated rings. The van der Waals surface area contributed by atoms with Gasteiger partial charge in [-0.1, -0.05) is 0 Å². The van der Waals surface area contributed by atoms with Gasteiger partial charge in [-0.15, -0.1) is 0 Å². The number of amides is 1. The first kappa shape index (κ1) is 16.6. The van der Waals surface area contributed by atoms with Crippen LogP contribution < -0.4 is 5.32 Å². The monoisotopic (exact) mass is 295 g/mol. The van der Waals surface area contributed by atoms with E-state index in [4.69, 9.17) is 9.84 Å². The van der Waals surface area contributed by atoms with Crippen molar-refractivity contribution < 1.29 is 29.0 Å². The average molecular weight is 295 g/mol. The second kappa shape index (κ2) is 8.01. The van der Waals surface area contributed by atoms with Gasteiger partial charge < -0.3 is 19.9 Å². The molecule has 114 valence electrons. The van der Waals surface area contributed by atoms with Gasteiger partial charge in [0.05, 0.1) is 11.7 Å². The Balaban J connectivity index is 2.49. The Morgan fingerprint density at radius 3 is 2.29 bits per heavy atom. The molecule has 1 aromatic carbocycles. The quantitative estimate of drug-likeness (QED) is 0.735. The molecule has 1 aromatic rings. The molecule has 0 aliphatic heterocycles. The molecule has 0 atom stereocenters. The van der Waals surface area contributed by atoms with Crippen molar-refractivity contribution in [3.63, 3.8) is 0 Å². The van der Waals surface area contributed by atoms with Crippen LogP contribution in [-0.4, -0.2) is 42.3 Å². The third-order valence-electron chi connectivity index (χ3n) is 2.21. The first-order valence-electron chi connectivity index (χ1n) is 6.29. The highest BCUT2D eigenvalue weighted by atomic mass is 16.5. The van der Waals surface area contributed by atoms with Crippen LogP contribution in [0.5, 0.6) is 0 Å². The molecule has 0 aromatic heterocycles. The first-order valence-corrected chi connectivity index (χ1v) is 6.29. The van der Waals surface area contributed by atoms with Gasteiger partial charge in [0.2, 0.25) is 5.91 Å². The molecular formula is C14H17NO6. The summed E-state index contributed by atoms with van der Waals surface area (Å²) in [5.74, 6) is -2.06. The van der Waals surface area contributed by atoms with Crippen molar-refractivity contribution in [3.05, 3.63) is 29.8 Å². The number of anilines is 1. The lowest BCUT2D eigenvalue weighted by molar-refractivity contribution is -0.143. The highest BCUT2D eigenvalue weighted by Gasteiger charge is 2.09. The number of nitrogens with one attached hydrogen (secondary N) is 1. The third kappa shape index (κ3) is 6.53. The minimum Gasteiger partial charge on any atom is -0.480 e. The predicted octanol–water partition coefficient (Wildman–Crippen LogP) is 1.29. The molecule has 0 saturated heterocycles. The van der Waals surface area contributed by atoms with E-state index in [1.807, 2.05) is 0 Å². The molecule has 0 aliphatic rings. The van der Waals surface area contributed by atoms with Crippen molar-refractivity contribution in [3.8, 4) is 0 Å². The summed E-state index contributed by atoms with van der Waals surface area (Å²) < 4.78 is 9.68.